The Balaban J connectivity index is 1.29. The first-order valence-electron chi connectivity index (χ1n) is 13.2. The van der Waals surface area contributed by atoms with Crippen molar-refractivity contribution in [2.24, 2.45) is 0 Å². The summed E-state index contributed by atoms with van der Waals surface area (Å²) in [5.41, 5.74) is 4.86. The summed E-state index contributed by atoms with van der Waals surface area (Å²) < 4.78 is 18.0. The lowest BCUT2D eigenvalue weighted by Crippen LogP contribution is -2.48. The number of H-pyrrole nitrogens is 1. The van der Waals surface area contributed by atoms with Crippen molar-refractivity contribution in [3.05, 3.63) is 74.8 Å². The maximum Gasteiger partial charge on any atom is 0.253 e. The van der Waals surface area contributed by atoms with Gasteiger partial charge >= 0.3 is 0 Å². The highest BCUT2D eigenvalue weighted by molar-refractivity contribution is 5.81. The summed E-state index contributed by atoms with van der Waals surface area (Å²) in [4.78, 5) is 21.4. The lowest BCUT2D eigenvalue weighted by molar-refractivity contribution is 0.0984. The summed E-state index contributed by atoms with van der Waals surface area (Å²) in [6.45, 7) is 9.41. The average molecular weight is 532 g/mol. The monoisotopic (exact) mass is 531 g/mol. The van der Waals surface area contributed by atoms with Gasteiger partial charge in [0.05, 0.1) is 13.2 Å². The lowest BCUT2D eigenvalue weighted by atomic mass is 10.00. The van der Waals surface area contributed by atoms with Crippen molar-refractivity contribution < 1.29 is 14.2 Å². The van der Waals surface area contributed by atoms with E-state index in [1.807, 2.05) is 18.2 Å². The second-order valence-electron chi connectivity index (χ2n) is 10.2. The zero-order chi connectivity index (χ0) is 26.9. The van der Waals surface area contributed by atoms with E-state index in [0.717, 1.165) is 60.7 Å². The van der Waals surface area contributed by atoms with Gasteiger partial charge in [0.25, 0.3) is 5.56 Å². The van der Waals surface area contributed by atoms with Crippen LogP contribution in [0.2, 0.25) is 0 Å². The van der Waals surface area contributed by atoms with E-state index in [1.54, 1.807) is 11.8 Å². The molecule has 1 N–H and O–H groups in total. The van der Waals surface area contributed by atoms with Crippen LogP contribution in [0, 0.1) is 13.8 Å². The summed E-state index contributed by atoms with van der Waals surface area (Å²) in [6.07, 6.45) is 0. The third-order valence-electron chi connectivity index (χ3n) is 7.71. The molecule has 0 radical (unpaired) electrons. The Kier molecular flexibility index (Phi) is 7.03. The van der Waals surface area contributed by atoms with Crippen LogP contribution in [-0.2, 0) is 17.8 Å². The van der Waals surface area contributed by atoms with Crippen molar-refractivity contribution in [3.63, 3.8) is 0 Å². The minimum atomic E-state index is -0.390. The molecule has 1 fully saturated rings. The topological polar surface area (TPSA) is 111 Å². The molecule has 2 aromatic heterocycles. The van der Waals surface area contributed by atoms with Crippen molar-refractivity contribution >= 4 is 10.9 Å². The number of hydrogen-bond acceptors (Lipinski definition) is 9. The van der Waals surface area contributed by atoms with Crippen LogP contribution >= 0.6 is 0 Å². The van der Waals surface area contributed by atoms with Gasteiger partial charge in [0.1, 0.15) is 6.04 Å². The van der Waals surface area contributed by atoms with E-state index >= 15 is 0 Å². The minimum Gasteiger partial charge on any atom is -0.454 e. The second kappa shape index (κ2) is 10.8. The molecule has 1 unspecified atom stereocenters. The fourth-order valence-corrected chi connectivity index (χ4v) is 5.42. The van der Waals surface area contributed by atoms with E-state index in [0.29, 0.717) is 24.5 Å². The third kappa shape index (κ3) is 5.12. The van der Waals surface area contributed by atoms with Gasteiger partial charge in [-0.3, -0.25) is 14.6 Å². The lowest BCUT2D eigenvalue weighted by Gasteiger charge is -2.38. The number of piperazine rings is 1. The number of nitrogens with zero attached hydrogens (tertiary/aromatic N) is 6. The van der Waals surface area contributed by atoms with Crippen LogP contribution in [0.15, 0.2) is 41.2 Å². The highest BCUT2D eigenvalue weighted by Crippen LogP contribution is 2.33. The molecule has 2 aliphatic heterocycles. The van der Waals surface area contributed by atoms with E-state index in [4.69, 9.17) is 14.2 Å². The van der Waals surface area contributed by atoms with Crippen LogP contribution < -0.4 is 15.0 Å². The Morgan fingerprint density at radius 1 is 1.03 bits per heavy atom. The molecule has 1 atom stereocenters. The molecule has 204 valence electrons. The number of tetrazole rings is 1. The first-order chi connectivity index (χ1) is 19.0. The number of aromatic nitrogens is 5. The van der Waals surface area contributed by atoms with Crippen molar-refractivity contribution in [2.45, 2.75) is 33.0 Å². The number of rotatable bonds is 8. The molecule has 4 aromatic rings. The number of hydrogen-bond donors (Lipinski definition) is 1. The molecule has 11 heteroatoms. The van der Waals surface area contributed by atoms with Gasteiger partial charge in [-0.25, -0.2) is 4.68 Å². The number of nitrogens with one attached hydrogen (secondary N) is 1. The van der Waals surface area contributed by atoms with Crippen LogP contribution in [0.3, 0.4) is 0 Å². The Bertz CT molecular complexity index is 1540. The van der Waals surface area contributed by atoms with Crippen LogP contribution in [0.4, 0.5) is 0 Å². The smallest absolute Gasteiger partial charge is 0.253 e. The Morgan fingerprint density at radius 2 is 1.82 bits per heavy atom. The standard InChI is InChI=1S/C28H33N7O4/c1-18-12-21-15-22(28(36)29-23(21)13-19(18)2)26(27-30-31-32-35(27)10-11-37-3)34-8-6-33(7-9-34)16-20-4-5-24-25(14-20)39-17-38-24/h4-5,12-15,26H,6-11,16-17H2,1-3H3,(H,29,36). The Hall–Kier alpha value is -3.80. The zero-order valence-electron chi connectivity index (χ0n) is 22.5. The molecule has 0 aliphatic carbocycles. The molecule has 2 aliphatic rings. The number of pyridine rings is 1. The maximum absolute atomic E-state index is 13.5. The van der Waals surface area contributed by atoms with E-state index in [2.05, 4.69) is 62.4 Å². The average Bonchev–Trinajstić information content (AvgIpc) is 3.59. The molecule has 11 nitrogen and oxygen atoms in total. The van der Waals surface area contributed by atoms with E-state index < -0.39 is 0 Å². The minimum absolute atomic E-state index is 0.125. The predicted octanol–water partition coefficient (Wildman–Crippen LogP) is 2.41. The number of ether oxygens (including phenoxy) is 3. The molecular weight excluding hydrogens is 498 g/mol. The predicted molar refractivity (Wildman–Crippen MR) is 145 cm³/mol. The van der Waals surface area contributed by atoms with Gasteiger partial charge < -0.3 is 19.2 Å². The molecule has 2 aromatic carbocycles. The zero-order valence-corrected chi connectivity index (χ0v) is 22.5. The van der Waals surface area contributed by atoms with Crippen LogP contribution in [0.25, 0.3) is 10.9 Å². The normalized spacial score (nSPS) is 16.7. The van der Waals surface area contributed by atoms with Gasteiger partial charge in [-0.2, -0.15) is 0 Å². The first-order valence-corrected chi connectivity index (χ1v) is 13.2. The molecule has 0 saturated carbocycles. The summed E-state index contributed by atoms with van der Waals surface area (Å²) in [7, 11) is 1.65. The fraction of sp³-hybridized carbons (Fsp3) is 0.429. The third-order valence-corrected chi connectivity index (χ3v) is 7.71. The molecule has 4 heterocycles. The summed E-state index contributed by atoms with van der Waals surface area (Å²) in [6, 6.07) is 11.9. The maximum atomic E-state index is 13.5. The van der Waals surface area contributed by atoms with Crippen molar-refractivity contribution in [1.29, 1.82) is 0 Å². The van der Waals surface area contributed by atoms with Crippen molar-refractivity contribution in [2.75, 3.05) is 46.7 Å². The highest BCUT2D eigenvalue weighted by atomic mass is 16.7. The summed E-state index contributed by atoms with van der Waals surface area (Å²) >= 11 is 0. The number of methoxy groups -OCH3 is 1. The molecule has 39 heavy (non-hydrogen) atoms. The number of fused-ring (bicyclic) bond motifs is 2. The molecule has 0 amide bonds. The van der Waals surface area contributed by atoms with Gasteiger partial charge in [-0.05, 0) is 76.7 Å². The molecule has 6 rings (SSSR count). The molecule has 0 spiro atoms. The van der Waals surface area contributed by atoms with Crippen LogP contribution in [-0.4, -0.2) is 81.7 Å². The molecule has 1 saturated heterocycles. The van der Waals surface area contributed by atoms with Gasteiger partial charge in [0, 0.05) is 50.9 Å². The summed E-state index contributed by atoms with van der Waals surface area (Å²) in [5.74, 6) is 2.24. The fourth-order valence-electron chi connectivity index (χ4n) is 5.42. The molecular formula is C28H33N7O4. The van der Waals surface area contributed by atoms with Gasteiger partial charge in [0.2, 0.25) is 6.79 Å². The number of aromatic amines is 1. The van der Waals surface area contributed by atoms with Gasteiger partial charge in [-0.15, -0.1) is 5.10 Å². The van der Waals surface area contributed by atoms with E-state index in [-0.39, 0.29) is 18.4 Å². The van der Waals surface area contributed by atoms with Crippen molar-refractivity contribution in [1.82, 2.24) is 35.0 Å². The first kappa shape index (κ1) is 25.5. The highest BCUT2D eigenvalue weighted by Gasteiger charge is 2.33. The van der Waals surface area contributed by atoms with Gasteiger partial charge in [-0.1, -0.05) is 6.07 Å². The second-order valence-corrected chi connectivity index (χ2v) is 10.2. The SMILES string of the molecule is COCCn1nnnc1C(c1cc2cc(C)c(C)cc2[nH]c1=O)N1CCN(Cc2ccc3c(c2)OCO3)CC1. The summed E-state index contributed by atoms with van der Waals surface area (Å²) in [5, 5.41) is 13.6. The Morgan fingerprint density at radius 3 is 2.64 bits per heavy atom. The number of benzene rings is 2. The largest absolute Gasteiger partial charge is 0.454 e. The van der Waals surface area contributed by atoms with E-state index in [9.17, 15) is 4.79 Å². The van der Waals surface area contributed by atoms with Crippen LogP contribution in [0.5, 0.6) is 11.5 Å². The van der Waals surface area contributed by atoms with Gasteiger partial charge in [0.15, 0.2) is 17.3 Å². The quantitative estimate of drug-likeness (QED) is 0.366. The number of aryl methyl sites for hydroxylation is 2. The molecule has 0 bridgehead atoms. The van der Waals surface area contributed by atoms with E-state index in [1.165, 1.54) is 11.1 Å². The Labute approximate surface area is 226 Å². The van der Waals surface area contributed by atoms with Crippen LogP contribution in [0.1, 0.15) is 34.1 Å². The van der Waals surface area contributed by atoms with Crippen molar-refractivity contribution in [3.8, 4) is 11.5 Å².